The van der Waals surface area contributed by atoms with Crippen molar-refractivity contribution >= 4 is 52.9 Å². The smallest absolute Gasteiger partial charge is 0.137 e. The van der Waals surface area contributed by atoms with E-state index in [1.165, 1.54) is 0 Å². The van der Waals surface area contributed by atoms with Crippen LogP contribution in [0.25, 0.3) is 0 Å². The maximum atomic E-state index is 12.6. The normalized spacial score (nSPS) is 49.2. The predicted molar refractivity (Wildman–Crippen MR) is 116 cm³/mol. The predicted octanol–water partition coefficient (Wildman–Crippen LogP) is 1.60. The molecule has 0 bridgehead atoms. The third-order valence-corrected chi connectivity index (χ3v) is 8.98. The molecule has 0 saturated heterocycles. The summed E-state index contributed by atoms with van der Waals surface area (Å²) < 4.78 is 0. The maximum Gasteiger partial charge on any atom is 0.137 e. The second-order valence-corrected chi connectivity index (χ2v) is 10.4. The molecule has 6 atom stereocenters. The van der Waals surface area contributed by atoms with E-state index in [0.717, 1.165) is 32.1 Å². The van der Waals surface area contributed by atoms with Crippen LogP contribution >= 0.6 is 0 Å². The molecule has 4 aliphatic carbocycles. The van der Waals surface area contributed by atoms with E-state index in [2.05, 4.69) is 6.92 Å². The molecule has 0 spiro atoms. The average Bonchev–Trinajstić information content (AvgIpc) is 2.83. The minimum atomic E-state index is -1.62. The van der Waals surface area contributed by atoms with Crippen LogP contribution in [0.3, 0.4) is 0 Å². The fraction of sp³-hybridized carbons (Fsp3) is 0.850. The van der Waals surface area contributed by atoms with Gasteiger partial charge in [0.15, 0.2) is 0 Å². The van der Waals surface area contributed by atoms with E-state index in [9.17, 15) is 9.90 Å². The zero-order valence-corrected chi connectivity index (χ0v) is 17.0. The highest BCUT2D eigenvalue weighted by atomic mass is 16.3. The van der Waals surface area contributed by atoms with Gasteiger partial charge in [0, 0.05) is 5.41 Å². The van der Waals surface area contributed by atoms with E-state index in [1.54, 1.807) is 0 Å². The van der Waals surface area contributed by atoms with Gasteiger partial charge in [-0.2, -0.15) is 0 Å². The maximum absolute atomic E-state index is 12.6. The lowest BCUT2D eigenvalue weighted by molar-refractivity contribution is -0.123. The van der Waals surface area contributed by atoms with Crippen LogP contribution in [0, 0.1) is 23.2 Å². The molecular weight excluding hydrogens is 337 g/mol. The molecule has 3 fully saturated rings. The SMILES string of the molecule is [B]C1=C2C([B])([B])CC3C4CC[C@](C)(O)[C@@]4(CC)CCC3[C@@]2([B])CC([B])([B])C1=O. The summed E-state index contributed by atoms with van der Waals surface area (Å²) in [5.74, 6) is -0.115. The van der Waals surface area contributed by atoms with Crippen molar-refractivity contribution in [2.24, 2.45) is 23.2 Å². The molecule has 3 unspecified atom stereocenters. The van der Waals surface area contributed by atoms with E-state index in [0.29, 0.717) is 12.0 Å². The second kappa shape index (κ2) is 5.92. The lowest BCUT2D eigenvalue weighted by Crippen LogP contribution is -2.57. The lowest BCUT2D eigenvalue weighted by atomic mass is 9.25. The van der Waals surface area contributed by atoms with Crippen molar-refractivity contribution in [2.45, 2.75) is 80.1 Å². The van der Waals surface area contributed by atoms with Gasteiger partial charge in [0.2, 0.25) is 0 Å². The van der Waals surface area contributed by atoms with Crippen LogP contribution in [-0.2, 0) is 4.79 Å². The van der Waals surface area contributed by atoms with Crippen molar-refractivity contribution in [3.8, 4) is 0 Å². The fourth-order valence-electron chi connectivity index (χ4n) is 7.85. The summed E-state index contributed by atoms with van der Waals surface area (Å²) in [6.45, 7) is 4.11. The monoisotopic (exact) mass is 362 g/mol. The van der Waals surface area contributed by atoms with E-state index < -0.39 is 27.1 Å². The number of hydrogen-bond donors (Lipinski definition) is 1. The number of ketones is 1. The molecule has 0 amide bonds. The zero-order valence-electron chi connectivity index (χ0n) is 17.0. The van der Waals surface area contributed by atoms with Crippen molar-refractivity contribution in [3.05, 3.63) is 11.0 Å². The fourth-order valence-corrected chi connectivity index (χ4v) is 7.85. The standard InChI is InChI=1S/C20H24B6O2/c1-3-17-7-5-12-10(11(17)4-6-16(17,2)28)8-19(23,24)14-13(21)15(27)20(25,26)9-18(12,14)22/h10-12,28H,3-9H2,1-2H3/t10?,11?,12?,16-,17-,18-/m0/s1. The quantitative estimate of drug-likeness (QED) is 0.721. The summed E-state index contributed by atoms with van der Waals surface area (Å²) in [4.78, 5) is 12.6. The van der Waals surface area contributed by atoms with Gasteiger partial charge in [-0.25, -0.2) is 0 Å². The zero-order chi connectivity index (χ0) is 20.9. The summed E-state index contributed by atoms with van der Waals surface area (Å²) in [5, 5.41) is 7.28. The summed E-state index contributed by atoms with van der Waals surface area (Å²) in [7, 11) is 38.6. The van der Waals surface area contributed by atoms with Crippen LogP contribution in [0.4, 0.5) is 0 Å². The minimum absolute atomic E-state index is 0.0272. The van der Waals surface area contributed by atoms with Gasteiger partial charge in [-0.15, -0.1) is 0 Å². The molecule has 134 valence electrons. The first kappa shape index (κ1) is 21.0. The number of rotatable bonds is 1. The molecule has 4 aliphatic rings. The number of aliphatic hydroxyl groups is 1. The minimum Gasteiger partial charge on any atom is -0.390 e. The van der Waals surface area contributed by atoms with Gasteiger partial charge in [-0.1, -0.05) is 36.0 Å². The third kappa shape index (κ3) is 2.42. The highest BCUT2D eigenvalue weighted by Gasteiger charge is 2.66. The first-order valence-corrected chi connectivity index (χ1v) is 10.5. The Morgan fingerprint density at radius 3 is 2.25 bits per heavy atom. The Morgan fingerprint density at radius 2 is 1.64 bits per heavy atom. The van der Waals surface area contributed by atoms with E-state index >= 15 is 0 Å². The van der Waals surface area contributed by atoms with Gasteiger partial charge in [0.05, 0.1) is 44.8 Å². The molecule has 0 aromatic rings. The molecule has 2 nitrogen and oxygen atoms in total. The average molecular weight is 361 g/mol. The Labute approximate surface area is 177 Å². The number of allylic oxidation sites excluding steroid dienone is 1. The molecule has 0 heterocycles. The Balaban J connectivity index is 1.86. The largest absolute Gasteiger partial charge is 0.390 e. The van der Waals surface area contributed by atoms with Gasteiger partial charge in [-0.3, -0.25) is 4.79 Å². The molecule has 4 rings (SSSR count). The van der Waals surface area contributed by atoms with Gasteiger partial charge in [0.25, 0.3) is 0 Å². The molecule has 1 N–H and O–H groups in total. The lowest BCUT2D eigenvalue weighted by Gasteiger charge is -2.66. The molecule has 0 aliphatic heterocycles. The van der Waals surface area contributed by atoms with E-state index in [4.69, 9.17) is 47.1 Å². The van der Waals surface area contributed by atoms with Crippen molar-refractivity contribution in [3.63, 3.8) is 0 Å². The van der Waals surface area contributed by atoms with E-state index in [1.807, 2.05) is 6.92 Å². The summed E-state index contributed by atoms with van der Waals surface area (Å²) in [6, 6.07) is 0. The molecule has 0 aromatic heterocycles. The number of fused-ring (bicyclic) bond motifs is 5. The van der Waals surface area contributed by atoms with Crippen LogP contribution in [0.15, 0.2) is 11.0 Å². The number of hydrogen-bond acceptors (Lipinski definition) is 2. The number of Topliss-reactive ketones (excluding diaryl/α,β-unsaturated/α-hetero) is 1. The third-order valence-electron chi connectivity index (χ3n) is 8.98. The van der Waals surface area contributed by atoms with Gasteiger partial charge >= 0.3 is 0 Å². The molecule has 8 heteroatoms. The van der Waals surface area contributed by atoms with Gasteiger partial charge in [0.1, 0.15) is 13.6 Å². The number of carbonyl (C=O) groups excluding carboxylic acids is 1. The van der Waals surface area contributed by atoms with Crippen LogP contribution in [0.2, 0.25) is 15.7 Å². The Kier molecular flexibility index (Phi) is 4.44. The molecular formula is C20H24B6O2. The van der Waals surface area contributed by atoms with Crippen LogP contribution in [-0.4, -0.2) is 63.6 Å². The summed E-state index contributed by atoms with van der Waals surface area (Å²) in [6.07, 6.45) is 4.81. The molecule has 12 radical (unpaired) electrons. The van der Waals surface area contributed by atoms with Crippen molar-refractivity contribution in [1.82, 2.24) is 0 Å². The topological polar surface area (TPSA) is 37.3 Å². The van der Waals surface area contributed by atoms with Crippen molar-refractivity contribution in [2.75, 3.05) is 0 Å². The van der Waals surface area contributed by atoms with Crippen molar-refractivity contribution < 1.29 is 9.90 Å². The van der Waals surface area contributed by atoms with Crippen LogP contribution in [0.1, 0.15) is 58.8 Å². The Bertz CT molecular complexity index is 760. The van der Waals surface area contributed by atoms with Crippen molar-refractivity contribution in [1.29, 1.82) is 0 Å². The highest BCUT2D eigenvalue weighted by molar-refractivity contribution is 6.59. The van der Waals surface area contributed by atoms with Crippen LogP contribution < -0.4 is 0 Å². The first-order chi connectivity index (χ1) is 12.7. The molecule has 3 saturated carbocycles. The highest BCUT2D eigenvalue weighted by Crippen LogP contribution is 2.74. The summed E-state index contributed by atoms with van der Waals surface area (Å²) in [5.41, 5.74) is -0.520. The van der Waals surface area contributed by atoms with Gasteiger partial charge in [-0.05, 0) is 67.3 Å². The molecule has 28 heavy (non-hydrogen) atoms. The first-order valence-electron chi connectivity index (χ1n) is 10.5. The Hall–Kier alpha value is -0.240. The summed E-state index contributed by atoms with van der Waals surface area (Å²) >= 11 is 0. The Morgan fingerprint density at radius 1 is 1.04 bits per heavy atom. The van der Waals surface area contributed by atoms with Crippen LogP contribution in [0.5, 0.6) is 0 Å². The van der Waals surface area contributed by atoms with Gasteiger partial charge < -0.3 is 5.11 Å². The second-order valence-electron chi connectivity index (χ2n) is 10.4. The van der Waals surface area contributed by atoms with E-state index in [-0.39, 0.29) is 35.1 Å². The number of carbonyl (C=O) groups is 1. The molecule has 0 aromatic carbocycles.